The number of carbonyl (C=O) groups is 1. The van der Waals surface area contributed by atoms with Crippen LogP contribution in [-0.4, -0.2) is 48.9 Å². The van der Waals surface area contributed by atoms with Gasteiger partial charge in [0.05, 0.1) is 0 Å². The second-order valence-corrected chi connectivity index (χ2v) is 19.8. The Morgan fingerprint density at radius 2 is 0.631 bits per heavy atom. The van der Waals surface area contributed by atoms with Crippen molar-refractivity contribution in [3.63, 3.8) is 0 Å². The molecule has 378 valence electrons. The predicted octanol–water partition coefficient (Wildman–Crippen LogP) is 20.1. The molecule has 1 amide bonds. The summed E-state index contributed by atoms with van der Waals surface area (Å²) >= 11 is 0. The monoisotopic (exact) mass is 903 g/mol. The molecule has 65 heavy (non-hydrogen) atoms. The lowest BCUT2D eigenvalue weighted by Crippen LogP contribution is -2.41. The summed E-state index contributed by atoms with van der Waals surface area (Å²) in [5.41, 5.74) is 0. The Bertz CT molecular complexity index is 1080. The maximum absolute atomic E-state index is 14.0. The van der Waals surface area contributed by atoms with E-state index in [2.05, 4.69) is 118 Å². The van der Waals surface area contributed by atoms with Crippen LogP contribution >= 0.6 is 0 Å². The molecule has 0 bridgehead atoms. The Morgan fingerprint density at radius 3 is 0.954 bits per heavy atom. The fraction of sp³-hybridized carbons (Fsp3) is 0.790. The summed E-state index contributed by atoms with van der Waals surface area (Å²) in [6.07, 6.45) is 79.8. The van der Waals surface area contributed by atoms with Crippen molar-refractivity contribution in [2.24, 2.45) is 0 Å². The van der Waals surface area contributed by atoms with Gasteiger partial charge in [0.1, 0.15) is 0 Å². The first kappa shape index (κ1) is 62.9. The highest BCUT2D eigenvalue weighted by Crippen LogP contribution is 2.22. The molecule has 0 aliphatic rings. The Morgan fingerprint density at radius 1 is 0.338 bits per heavy atom. The van der Waals surface area contributed by atoms with Gasteiger partial charge in [-0.2, -0.15) is 0 Å². The van der Waals surface area contributed by atoms with E-state index in [0.29, 0.717) is 11.9 Å². The molecule has 0 spiro atoms. The molecular formula is C62H114N2O. The summed E-state index contributed by atoms with van der Waals surface area (Å²) in [5, 5.41) is 0. The molecule has 0 aromatic heterocycles. The SMILES string of the molecule is CCCCC/C=C\C/C=C\CCCCCCCCCC(=O)N(CCCN(C)C)C(CCCCCCCC/C=C\C/C=C\CCCCC)CCCCCCCC/C=C\C/C=C\CCCCC. The summed E-state index contributed by atoms with van der Waals surface area (Å²) < 4.78 is 0. The molecule has 0 saturated heterocycles. The third-order valence-corrected chi connectivity index (χ3v) is 13.1. The van der Waals surface area contributed by atoms with Crippen molar-refractivity contribution >= 4 is 5.91 Å². The number of amides is 1. The summed E-state index contributed by atoms with van der Waals surface area (Å²) in [6.45, 7) is 8.80. The van der Waals surface area contributed by atoms with E-state index < -0.39 is 0 Å². The maximum atomic E-state index is 14.0. The van der Waals surface area contributed by atoms with E-state index in [1.165, 1.54) is 225 Å². The highest BCUT2D eigenvalue weighted by Gasteiger charge is 2.23. The number of hydrogen-bond donors (Lipinski definition) is 0. The lowest BCUT2D eigenvalue weighted by atomic mass is 9.97. The third kappa shape index (κ3) is 49.6. The van der Waals surface area contributed by atoms with Gasteiger partial charge in [0, 0.05) is 19.0 Å². The molecular weight excluding hydrogens is 789 g/mol. The number of hydrogen-bond acceptors (Lipinski definition) is 2. The lowest BCUT2D eigenvalue weighted by Gasteiger charge is -2.33. The Hall–Kier alpha value is -2.13. The third-order valence-electron chi connectivity index (χ3n) is 13.1. The van der Waals surface area contributed by atoms with Crippen molar-refractivity contribution in [1.29, 1.82) is 0 Å². The minimum absolute atomic E-state index is 0.414. The normalized spacial score (nSPS) is 12.5. The van der Waals surface area contributed by atoms with Gasteiger partial charge in [0.25, 0.3) is 0 Å². The van der Waals surface area contributed by atoms with E-state index in [-0.39, 0.29) is 0 Å². The van der Waals surface area contributed by atoms with Gasteiger partial charge in [-0.1, -0.05) is 229 Å². The van der Waals surface area contributed by atoms with Gasteiger partial charge in [-0.25, -0.2) is 0 Å². The fourth-order valence-electron chi connectivity index (χ4n) is 8.85. The first-order chi connectivity index (χ1) is 32.1. The van der Waals surface area contributed by atoms with E-state index in [1.807, 2.05) is 0 Å². The van der Waals surface area contributed by atoms with Crippen LogP contribution in [0.25, 0.3) is 0 Å². The van der Waals surface area contributed by atoms with Crippen LogP contribution in [0.3, 0.4) is 0 Å². The molecule has 0 aromatic rings. The highest BCUT2D eigenvalue weighted by atomic mass is 16.2. The first-order valence-corrected chi connectivity index (χ1v) is 28.9. The lowest BCUT2D eigenvalue weighted by molar-refractivity contribution is -0.134. The predicted molar refractivity (Wildman–Crippen MR) is 295 cm³/mol. The largest absolute Gasteiger partial charge is 0.340 e. The Labute approximate surface area is 409 Å². The van der Waals surface area contributed by atoms with Crippen molar-refractivity contribution in [2.45, 2.75) is 290 Å². The zero-order valence-electron chi connectivity index (χ0n) is 44.7. The van der Waals surface area contributed by atoms with Crippen LogP contribution in [0, 0.1) is 0 Å². The summed E-state index contributed by atoms with van der Waals surface area (Å²) in [6, 6.07) is 0.414. The van der Waals surface area contributed by atoms with Crippen LogP contribution in [-0.2, 0) is 4.79 Å². The molecule has 0 aliphatic heterocycles. The van der Waals surface area contributed by atoms with Gasteiger partial charge in [0.2, 0.25) is 5.91 Å². The molecule has 3 heteroatoms. The molecule has 0 fully saturated rings. The van der Waals surface area contributed by atoms with E-state index in [1.54, 1.807) is 0 Å². The molecule has 0 radical (unpaired) electrons. The summed E-state index contributed by atoms with van der Waals surface area (Å²) in [5.74, 6) is 0.441. The van der Waals surface area contributed by atoms with Crippen molar-refractivity contribution in [2.75, 3.05) is 27.2 Å². The molecule has 0 aliphatic carbocycles. The number of allylic oxidation sites excluding steroid dienone is 12. The van der Waals surface area contributed by atoms with Crippen LogP contribution < -0.4 is 0 Å². The van der Waals surface area contributed by atoms with E-state index in [0.717, 1.165) is 51.6 Å². The summed E-state index contributed by atoms with van der Waals surface area (Å²) in [4.78, 5) is 18.7. The number of carbonyl (C=O) groups excluding carboxylic acids is 1. The molecule has 0 N–H and O–H groups in total. The van der Waals surface area contributed by atoms with E-state index in [9.17, 15) is 4.79 Å². The van der Waals surface area contributed by atoms with E-state index >= 15 is 0 Å². The maximum Gasteiger partial charge on any atom is 0.222 e. The zero-order chi connectivity index (χ0) is 47.2. The average Bonchev–Trinajstić information content (AvgIpc) is 3.30. The van der Waals surface area contributed by atoms with Crippen molar-refractivity contribution in [3.8, 4) is 0 Å². The second-order valence-electron chi connectivity index (χ2n) is 19.8. The first-order valence-electron chi connectivity index (χ1n) is 28.9. The zero-order valence-corrected chi connectivity index (χ0v) is 44.7. The fourth-order valence-corrected chi connectivity index (χ4v) is 8.85. The molecule has 0 aromatic carbocycles. The number of rotatable bonds is 51. The molecule has 0 atom stereocenters. The molecule has 0 heterocycles. The standard InChI is InChI=1S/C62H114N2O/c1-6-9-12-15-18-21-24-27-30-33-36-39-42-45-48-51-54-58-62(65)64(60-55-59-63(4)5)61(56-52-49-46-43-40-37-34-31-28-25-22-19-16-13-10-7-2)57-53-50-47-44-41-38-35-32-29-26-23-20-17-14-11-8-3/h18-23,27-32,61H,6-17,24-26,33-60H2,1-5H3/b21-18-,22-19-,23-20-,30-27-,31-28-,32-29-. The van der Waals surface area contributed by atoms with E-state index in [4.69, 9.17) is 0 Å². The Kier molecular flexibility index (Phi) is 52.7. The van der Waals surface area contributed by atoms with Crippen molar-refractivity contribution in [3.05, 3.63) is 72.9 Å². The van der Waals surface area contributed by atoms with Crippen LogP contribution in [0.2, 0.25) is 0 Å². The van der Waals surface area contributed by atoms with Gasteiger partial charge in [-0.15, -0.1) is 0 Å². The van der Waals surface area contributed by atoms with Crippen LogP contribution in [0.15, 0.2) is 72.9 Å². The van der Waals surface area contributed by atoms with Gasteiger partial charge in [0.15, 0.2) is 0 Å². The van der Waals surface area contributed by atoms with Gasteiger partial charge in [-0.3, -0.25) is 4.79 Å². The van der Waals surface area contributed by atoms with Crippen LogP contribution in [0.1, 0.15) is 284 Å². The highest BCUT2D eigenvalue weighted by molar-refractivity contribution is 5.76. The summed E-state index contributed by atoms with van der Waals surface area (Å²) in [7, 11) is 4.34. The van der Waals surface area contributed by atoms with Crippen LogP contribution in [0.5, 0.6) is 0 Å². The minimum atomic E-state index is 0.414. The second kappa shape index (κ2) is 54.5. The number of nitrogens with zero attached hydrogens (tertiary/aromatic N) is 2. The molecule has 0 unspecified atom stereocenters. The quantitative estimate of drug-likeness (QED) is 0.0449. The Balaban J connectivity index is 4.84. The molecule has 0 rings (SSSR count). The molecule has 0 saturated carbocycles. The van der Waals surface area contributed by atoms with Crippen molar-refractivity contribution in [1.82, 2.24) is 9.80 Å². The van der Waals surface area contributed by atoms with Gasteiger partial charge < -0.3 is 9.80 Å². The average molecular weight is 904 g/mol. The number of unbranched alkanes of at least 4 members (excludes halogenated alkanes) is 28. The minimum Gasteiger partial charge on any atom is -0.340 e. The smallest absolute Gasteiger partial charge is 0.222 e. The molecule has 3 nitrogen and oxygen atoms in total. The van der Waals surface area contributed by atoms with Gasteiger partial charge >= 0.3 is 0 Å². The van der Waals surface area contributed by atoms with Crippen molar-refractivity contribution < 1.29 is 4.79 Å². The topological polar surface area (TPSA) is 23.6 Å². The van der Waals surface area contributed by atoms with Crippen LogP contribution in [0.4, 0.5) is 0 Å². The van der Waals surface area contributed by atoms with Gasteiger partial charge in [-0.05, 0) is 143 Å².